The Labute approximate surface area is 177 Å². The summed E-state index contributed by atoms with van der Waals surface area (Å²) in [6.07, 6.45) is 1.28. The summed E-state index contributed by atoms with van der Waals surface area (Å²) < 4.78 is 29.3. The van der Waals surface area contributed by atoms with Gasteiger partial charge in [0.1, 0.15) is 11.8 Å². The molecule has 9 heteroatoms. The van der Waals surface area contributed by atoms with Crippen molar-refractivity contribution in [3.63, 3.8) is 0 Å². The lowest BCUT2D eigenvalue weighted by molar-refractivity contribution is 0.102. The molecule has 0 bridgehead atoms. The van der Waals surface area contributed by atoms with Crippen molar-refractivity contribution in [3.8, 4) is 6.07 Å². The van der Waals surface area contributed by atoms with Gasteiger partial charge in [0.25, 0.3) is 5.91 Å². The highest BCUT2D eigenvalue weighted by molar-refractivity contribution is 8.14. The molecule has 3 rings (SSSR count). The zero-order valence-corrected chi connectivity index (χ0v) is 17.8. The lowest BCUT2D eigenvalue weighted by atomic mass is 9.78. The number of aliphatic imine (C=N–C) groups is 1. The SMILES string of the molecule is Cc1cc(C#N)cnc1C(=O)Nc1cc(F)c(F)c([C@@]2(C)N=C(N)SC(C)[C@H]2C)c1. The maximum Gasteiger partial charge on any atom is 0.274 e. The Balaban J connectivity index is 2.01. The number of amides is 1. The molecule has 0 fully saturated rings. The largest absolute Gasteiger partial charge is 0.379 e. The van der Waals surface area contributed by atoms with Crippen LogP contribution in [0.5, 0.6) is 0 Å². The van der Waals surface area contributed by atoms with Gasteiger partial charge in [0.2, 0.25) is 0 Å². The zero-order chi connectivity index (χ0) is 22.2. The minimum absolute atomic E-state index is 0.0184. The number of nitrogens with zero attached hydrogens (tertiary/aromatic N) is 3. The van der Waals surface area contributed by atoms with Gasteiger partial charge in [-0.1, -0.05) is 25.6 Å². The number of aromatic nitrogens is 1. The summed E-state index contributed by atoms with van der Waals surface area (Å²) in [5.74, 6) is -2.86. The minimum atomic E-state index is -1.10. The quantitative estimate of drug-likeness (QED) is 0.765. The molecule has 1 aromatic heterocycles. The van der Waals surface area contributed by atoms with Crippen LogP contribution in [-0.4, -0.2) is 21.3 Å². The number of nitrogens with one attached hydrogen (secondary N) is 1. The van der Waals surface area contributed by atoms with E-state index in [1.54, 1.807) is 13.8 Å². The molecule has 2 heterocycles. The molecule has 1 aromatic carbocycles. The Bertz CT molecular complexity index is 1100. The number of anilines is 1. The summed E-state index contributed by atoms with van der Waals surface area (Å²) in [6.45, 7) is 7.20. The van der Waals surface area contributed by atoms with Gasteiger partial charge >= 0.3 is 0 Å². The number of hydrogen-bond donors (Lipinski definition) is 2. The average Bonchev–Trinajstić information content (AvgIpc) is 2.68. The van der Waals surface area contributed by atoms with Gasteiger partial charge in [-0.15, -0.1) is 0 Å². The zero-order valence-electron chi connectivity index (χ0n) is 17.0. The van der Waals surface area contributed by atoms with Crippen LogP contribution in [0.3, 0.4) is 0 Å². The monoisotopic (exact) mass is 429 g/mol. The maximum absolute atomic E-state index is 14.8. The molecular weight excluding hydrogens is 408 g/mol. The molecule has 0 saturated heterocycles. The van der Waals surface area contributed by atoms with E-state index in [1.807, 2.05) is 19.9 Å². The molecule has 0 spiro atoms. The fourth-order valence-corrected chi connectivity index (χ4v) is 4.60. The van der Waals surface area contributed by atoms with Crippen LogP contribution in [0, 0.1) is 35.8 Å². The van der Waals surface area contributed by atoms with E-state index in [4.69, 9.17) is 11.0 Å². The van der Waals surface area contributed by atoms with Crippen LogP contribution in [0.2, 0.25) is 0 Å². The predicted molar refractivity (Wildman–Crippen MR) is 113 cm³/mol. The molecule has 1 aliphatic heterocycles. The Kier molecular flexibility index (Phi) is 5.81. The van der Waals surface area contributed by atoms with E-state index in [9.17, 15) is 13.6 Å². The van der Waals surface area contributed by atoms with Crippen LogP contribution in [0.25, 0.3) is 0 Å². The summed E-state index contributed by atoms with van der Waals surface area (Å²) >= 11 is 1.38. The summed E-state index contributed by atoms with van der Waals surface area (Å²) in [7, 11) is 0. The van der Waals surface area contributed by atoms with Crippen molar-refractivity contribution in [2.75, 3.05) is 5.32 Å². The molecule has 2 aromatic rings. The van der Waals surface area contributed by atoms with Crippen LogP contribution in [0.15, 0.2) is 29.4 Å². The summed E-state index contributed by atoms with van der Waals surface area (Å²) in [4.78, 5) is 21.1. The van der Waals surface area contributed by atoms with Gasteiger partial charge in [0.15, 0.2) is 16.8 Å². The Morgan fingerprint density at radius 2 is 2.03 bits per heavy atom. The molecule has 6 nitrogen and oxygen atoms in total. The molecule has 1 aliphatic rings. The number of rotatable bonds is 3. The van der Waals surface area contributed by atoms with Crippen LogP contribution >= 0.6 is 11.8 Å². The van der Waals surface area contributed by atoms with Crippen molar-refractivity contribution in [1.29, 1.82) is 5.26 Å². The molecule has 0 aliphatic carbocycles. The lowest BCUT2D eigenvalue weighted by Crippen LogP contribution is -2.41. The van der Waals surface area contributed by atoms with Gasteiger partial charge in [-0.2, -0.15) is 5.26 Å². The molecule has 156 valence electrons. The van der Waals surface area contributed by atoms with Gasteiger partial charge in [0, 0.05) is 28.8 Å². The number of halogens is 2. The van der Waals surface area contributed by atoms with Crippen molar-refractivity contribution in [2.24, 2.45) is 16.6 Å². The molecular formula is C21H21F2N5OS. The van der Waals surface area contributed by atoms with Crippen LogP contribution in [0.4, 0.5) is 14.5 Å². The highest BCUT2D eigenvalue weighted by Crippen LogP contribution is 2.45. The molecule has 0 radical (unpaired) electrons. The number of amidine groups is 1. The number of carbonyl (C=O) groups is 1. The molecule has 1 unspecified atom stereocenters. The van der Waals surface area contributed by atoms with Crippen molar-refractivity contribution in [3.05, 3.63) is 58.4 Å². The van der Waals surface area contributed by atoms with E-state index >= 15 is 0 Å². The Hall–Kier alpha value is -2.99. The molecule has 30 heavy (non-hydrogen) atoms. The number of nitriles is 1. The molecule has 3 atom stereocenters. The first kappa shape index (κ1) is 21.7. The first-order valence-corrected chi connectivity index (χ1v) is 10.1. The highest BCUT2D eigenvalue weighted by Gasteiger charge is 2.42. The second kappa shape index (κ2) is 8.03. The van der Waals surface area contributed by atoms with E-state index in [2.05, 4.69) is 15.3 Å². The number of nitrogens with two attached hydrogens (primary N) is 1. The van der Waals surface area contributed by atoms with Gasteiger partial charge in [0.05, 0.1) is 11.1 Å². The number of carbonyl (C=O) groups excluding carboxylic acids is 1. The lowest BCUT2D eigenvalue weighted by Gasteiger charge is -2.40. The number of pyridine rings is 1. The number of aryl methyl sites for hydroxylation is 1. The first-order valence-electron chi connectivity index (χ1n) is 9.26. The standard InChI is InChI=1S/C21H21F2N5OS/c1-10-5-13(8-24)9-26-18(10)19(29)27-14-6-15(17(23)16(22)7-14)21(4)11(2)12(3)30-20(25)28-21/h5-7,9,11-12H,1-4H3,(H2,25,28)(H,27,29)/t11-,12?,21+/m1/s1. The third-order valence-corrected chi connectivity index (χ3v) is 6.61. The normalized spacial score (nSPS) is 23.4. The summed E-state index contributed by atoms with van der Waals surface area (Å²) in [5.41, 5.74) is 5.82. The van der Waals surface area contributed by atoms with Crippen LogP contribution < -0.4 is 11.1 Å². The van der Waals surface area contributed by atoms with Gasteiger partial charge in [-0.3, -0.25) is 9.79 Å². The van der Waals surface area contributed by atoms with Gasteiger partial charge in [-0.25, -0.2) is 13.8 Å². The Morgan fingerprint density at radius 3 is 2.67 bits per heavy atom. The minimum Gasteiger partial charge on any atom is -0.379 e. The fraction of sp³-hybridized carbons (Fsp3) is 0.333. The third-order valence-electron chi connectivity index (χ3n) is 5.49. The van der Waals surface area contributed by atoms with Crippen LogP contribution in [0.1, 0.15) is 48.0 Å². The van der Waals surface area contributed by atoms with E-state index in [1.165, 1.54) is 30.1 Å². The topological polar surface area (TPSA) is 104 Å². The van der Waals surface area contributed by atoms with Gasteiger partial charge < -0.3 is 11.1 Å². The van der Waals surface area contributed by atoms with Crippen molar-refractivity contribution < 1.29 is 13.6 Å². The number of hydrogen-bond acceptors (Lipinski definition) is 6. The second-order valence-electron chi connectivity index (χ2n) is 7.48. The predicted octanol–water partition coefficient (Wildman–Crippen LogP) is 4.09. The Morgan fingerprint density at radius 1 is 1.33 bits per heavy atom. The van der Waals surface area contributed by atoms with Crippen LogP contribution in [-0.2, 0) is 5.54 Å². The fourth-order valence-electron chi connectivity index (χ4n) is 3.51. The van der Waals surface area contributed by atoms with E-state index in [0.29, 0.717) is 16.3 Å². The average molecular weight is 429 g/mol. The first-order chi connectivity index (χ1) is 14.1. The number of thioether (sulfide) groups is 1. The molecule has 1 amide bonds. The van der Waals surface area contributed by atoms with E-state index in [0.717, 1.165) is 6.07 Å². The second-order valence-corrected chi connectivity index (χ2v) is 8.88. The summed E-state index contributed by atoms with van der Waals surface area (Å²) in [6, 6.07) is 5.77. The van der Waals surface area contributed by atoms with Crippen molar-refractivity contribution in [1.82, 2.24) is 4.98 Å². The maximum atomic E-state index is 14.8. The molecule has 0 saturated carbocycles. The smallest absolute Gasteiger partial charge is 0.274 e. The van der Waals surface area contributed by atoms with E-state index < -0.39 is 23.1 Å². The van der Waals surface area contributed by atoms with E-state index in [-0.39, 0.29) is 28.1 Å². The number of benzene rings is 1. The third kappa shape index (κ3) is 3.87. The summed E-state index contributed by atoms with van der Waals surface area (Å²) in [5, 5.41) is 11.8. The van der Waals surface area contributed by atoms with Crippen molar-refractivity contribution >= 4 is 28.5 Å². The molecule has 3 N–H and O–H groups in total. The van der Waals surface area contributed by atoms with Gasteiger partial charge in [-0.05, 0) is 37.5 Å². The highest BCUT2D eigenvalue weighted by atomic mass is 32.2. The van der Waals surface area contributed by atoms with Crippen molar-refractivity contribution in [2.45, 2.75) is 38.5 Å².